The van der Waals surface area contributed by atoms with Crippen molar-refractivity contribution in [3.8, 4) is 0 Å². The highest BCUT2D eigenvalue weighted by Crippen LogP contribution is 2.42. The smallest absolute Gasteiger partial charge is 0.352 e. The molecule has 0 unspecified atom stereocenters. The average molecular weight is 497 g/mol. The monoisotopic (exact) mass is 496 g/mol. The first-order chi connectivity index (χ1) is 16.6. The maximum absolute atomic E-state index is 12.9. The molecule has 0 fully saturated rings. The molecule has 3 aromatic carbocycles. The molecule has 1 heterocycles. The van der Waals surface area contributed by atoms with Crippen LogP contribution in [0, 0.1) is 6.92 Å². The van der Waals surface area contributed by atoms with Crippen LogP contribution in [0.3, 0.4) is 0 Å². The minimum Gasteiger partial charge on any atom is -0.352 e. The number of benzene rings is 3. The number of hydrogen-bond donors (Lipinski definition) is 1. The summed E-state index contributed by atoms with van der Waals surface area (Å²) in [5, 5.41) is 2.91. The molecular formula is C27H23F3N2O2S. The van der Waals surface area contributed by atoms with Crippen LogP contribution in [0.1, 0.15) is 32.6 Å². The highest BCUT2D eigenvalue weighted by atomic mass is 32.2. The Morgan fingerprint density at radius 1 is 1.03 bits per heavy atom. The molecule has 3 aromatic rings. The van der Waals surface area contributed by atoms with Crippen LogP contribution in [0.2, 0.25) is 0 Å². The first kappa shape index (κ1) is 24.6. The predicted molar refractivity (Wildman–Crippen MR) is 132 cm³/mol. The van der Waals surface area contributed by atoms with Gasteiger partial charge in [-0.1, -0.05) is 53.7 Å². The molecule has 1 aliphatic heterocycles. The Morgan fingerprint density at radius 2 is 1.71 bits per heavy atom. The third kappa shape index (κ3) is 5.77. The number of aryl methyl sites for hydroxylation is 1. The quantitative estimate of drug-likeness (QED) is 0.435. The van der Waals surface area contributed by atoms with E-state index in [1.807, 2.05) is 31.2 Å². The van der Waals surface area contributed by atoms with E-state index in [4.69, 9.17) is 0 Å². The Morgan fingerprint density at radius 3 is 2.37 bits per heavy atom. The molecule has 180 valence electrons. The van der Waals surface area contributed by atoms with E-state index < -0.39 is 11.7 Å². The zero-order valence-electron chi connectivity index (χ0n) is 19.1. The molecule has 1 aliphatic rings. The molecule has 0 saturated carbocycles. The number of hydrogen-bond acceptors (Lipinski definition) is 3. The summed E-state index contributed by atoms with van der Waals surface area (Å²) in [4.78, 5) is 28.2. The number of carbonyl (C=O) groups is 2. The summed E-state index contributed by atoms with van der Waals surface area (Å²) < 4.78 is 38.4. The number of rotatable bonds is 5. The van der Waals surface area contributed by atoms with Gasteiger partial charge in [0, 0.05) is 24.1 Å². The number of carbonyl (C=O) groups excluding carboxylic acids is 2. The molecular weight excluding hydrogens is 473 g/mol. The van der Waals surface area contributed by atoms with Gasteiger partial charge in [0.25, 0.3) is 11.8 Å². The van der Waals surface area contributed by atoms with E-state index in [2.05, 4.69) is 5.32 Å². The normalized spacial score (nSPS) is 14.7. The summed E-state index contributed by atoms with van der Waals surface area (Å²) >= 11 is 1.23. The van der Waals surface area contributed by atoms with E-state index in [9.17, 15) is 22.8 Å². The second-order valence-electron chi connectivity index (χ2n) is 8.27. The van der Waals surface area contributed by atoms with Crippen molar-refractivity contribution in [3.05, 3.63) is 99.5 Å². The van der Waals surface area contributed by atoms with Gasteiger partial charge in [0.2, 0.25) is 0 Å². The molecule has 2 amide bonds. The topological polar surface area (TPSA) is 49.4 Å². The summed E-state index contributed by atoms with van der Waals surface area (Å²) in [5.74, 6) is -0.517. The lowest BCUT2D eigenvalue weighted by molar-refractivity contribution is -0.137. The predicted octanol–water partition coefficient (Wildman–Crippen LogP) is 6.10. The van der Waals surface area contributed by atoms with Crippen LogP contribution in [-0.4, -0.2) is 25.4 Å². The van der Waals surface area contributed by atoms with Crippen molar-refractivity contribution in [1.29, 1.82) is 0 Å². The van der Waals surface area contributed by atoms with Gasteiger partial charge in [0.05, 0.1) is 16.2 Å². The number of nitrogens with zero attached hydrogens (tertiary/aromatic N) is 1. The van der Waals surface area contributed by atoms with E-state index in [1.54, 1.807) is 31.3 Å². The van der Waals surface area contributed by atoms with E-state index in [0.717, 1.165) is 22.6 Å². The number of thioether (sulfide) groups is 1. The largest absolute Gasteiger partial charge is 0.416 e. The second-order valence-corrected chi connectivity index (χ2v) is 9.35. The van der Waals surface area contributed by atoms with Crippen molar-refractivity contribution in [2.45, 2.75) is 24.4 Å². The Hall–Kier alpha value is -3.52. The maximum Gasteiger partial charge on any atom is 0.416 e. The third-order valence-corrected chi connectivity index (χ3v) is 6.75. The Labute approximate surface area is 205 Å². The lowest BCUT2D eigenvalue weighted by Crippen LogP contribution is -2.31. The lowest BCUT2D eigenvalue weighted by Gasteiger charge is -2.27. The highest BCUT2D eigenvalue weighted by molar-refractivity contribution is 8.04. The molecule has 8 heteroatoms. The van der Waals surface area contributed by atoms with Gasteiger partial charge < -0.3 is 10.2 Å². The van der Waals surface area contributed by atoms with E-state index >= 15 is 0 Å². The fraction of sp³-hybridized carbons (Fsp3) is 0.185. The highest BCUT2D eigenvalue weighted by Gasteiger charge is 2.30. The summed E-state index contributed by atoms with van der Waals surface area (Å²) in [6.45, 7) is 2.51. The molecule has 0 radical (unpaired) electrons. The fourth-order valence-corrected chi connectivity index (χ4v) is 4.72. The third-order valence-electron chi connectivity index (χ3n) is 5.67. The number of fused-ring (bicyclic) bond motifs is 1. The van der Waals surface area contributed by atoms with Crippen molar-refractivity contribution >= 4 is 35.3 Å². The molecule has 1 N–H and O–H groups in total. The van der Waals surface area contributed by atoms with Crippen LogP contribution in [0.5, 0.6) is 0 Å². The second kappa shape index (κ2) is 10.00. The average Bonchev–Trinajstić information content (AvgIpc) is 2.83. The number of halogens is 3. The summed E-state index contributed by atoms with van der Waals surface area (Å²) in [5.41, 5.74) is 3.12. The molecule has 0 spiro atoms. The molecule has 0 aromatic heterocycles. The van der Waals surface area contributed by atoms with Gasteiger partial charge in [-0.3, -0.25) is 9.59 Å². The minimum atomic E-state index is -4.41. The zero-order valence-corrected chi connectivity index (χ0v) is 20.0. The van der Waals surface area contributed by atoms with Crippen LogP contribution < -0.4 is 10.2 Å². The van der Waals surface area contributed by atoms with E-state index in [0.29, 0.717) is 34.7 Å². The molecule has 35 heavy (non-hydrogen) atoms. The van der Waals surface area contributed by atoms with Gasteiger partial charge in [0.15, 0.2) is 0 Å². The SMILES string of the molecule is Cc1ccc(CCNC(=O)c2ccc3c(c2)N(C)C(=O)/C(=C/c2ccc(C(F)(F)F)cc2)S3)cc1. The van der Waals surface area contributed by atoms with Gasteiger partial charge in [-0.2, -0.15) is 13.2 Å². The van der Waals surface area contributed by atoms with Gasteiger partial charge in [-0.15, -0.1) is 0 Å². The van der Waals surface area contributed by atoms with Crippen molar-refractivity contribution in [2.24, 2.45) is 0 Å². The maximum atomic E-state index is 12.9. The molecule has 0 atom stereocenters. The number of likely N-dealkylation sites (N-methyl/N-ethyl adjacent to an activating group) is 1. The molecule has 0 saturated heterocycles. The van der Waals surface area contributed by atoms with Gasteiger partial charge in [-0.05, 0) is 60.9 Å². The summed E-state index contributed by atoms with van der Waals surface area (Å²) in [7, 11) is 1.61. The van der Waals surface area contributed by atoms with Crippen molar-refractivity contribution < 1.29 is 22.8 Å². The zero-order chi connectivity index (χ0) is 25.2. The number of anilines is 1. The molecule has 4 nitrogen and oxygen atoms in total. The number of alkyl halides is 3. The molecule has 0 aliphatic carbocycles. The Bertz CT molecular complexity index is 1280. The lowest BCUT2D eigenvalue weighted by atomic mass is 10.1. The standard InChI is InChI=1S/C27H23F3N2O2S/c1-17-3-5-18(6-4-17)13-14-31-25(33)20-9-12-23-22(16-20)32(2)26(34)24(35-23)15-19-7-10-21(11-8-19)27(28,29)30/h3-12,15-16H,13-14H2,1-2H3,(H,31,33)/b24-15-. The number of nitrogens with one attached hydrogen (secondary N) is 1. The summed E-state index contributed by atoms with van der Waals surface area (Å²) in [6, 6.07) is 17.9. The molecule has 4 rings (SSSR count). The molecule has 0 bridgehead atoms. The number of amides is 2. The van der Waals surface area contributed by atoms with E-state index in [1.165, 1.54) is 34.4 Å². The van der Waals surface area contributed by atoms with E-state index in [-0.39, 0.29) is 11.8 Å². The minimum absolute atomic E-state index is 0.225. The van der Waals surface area contributed by atoms with Crippen LogP contribution >= 0.6 is 11.8 Å². The summed E-state index contributed by atoms with van der Waals surface area (Å²) in [6.07, 6.45) is -2.13. The van der Waals surface area contributed by atoms with Crippen molar-refractivity contribution in [1.82, 2.24) is 5.32 Å². The van der Waals surface area contributed by atoms with Gasteiger partial charge in [0.1, 0.15) is 0 Å². The Balaban J connectivity index is 1.45. The van der Waals surface area contributed by atoms with Gasteiger partial charge in [-0.25, -0.2) is 0 Å². The van der Waals surface area contributed by atoms with Crippen LogP contribution in [0.25, 0.3) is 6.08 Å². The van der Waals surface area contributed by atoms with Gasteiger partial charge >= 0.3 is 6.18 Å². The van der Waals surface area contributed by atoms with Crippen LogP contribution in [0.4, 0.5) is 18.9 Å². The Kier molecular flexibility index (Phi) is 7.03. The first-order valence-electron chi connectivity index (χ1n) is 10.9. The van der Waals surface area contributed by atoms with Crippen LogP contribution in [0.15, 0.2) is 76.5 Å². The van der Waals surface area contributed by atoms with Crippen LogP contribution in [-0.2, 0) is 17.4 Å². The van der Waals surface area contributed by atoms with Crippen molar-refractivity contribution in [2.75, 3.05) is 18.5 Å². The fourth-order valence-electron chi connectivity index (χ4n) is 3.63. The van der Waals surface area contributed by atoms with Crippen molar-refractivity contribution in [3.63, 3.8) is 0 Å². The first-order valence-corrected chi connectivity index (χ1v) is 11.8.